The Morgan fingerprint density at radius 1 is 1.36 bits per heavy atom. The van der Waals surface area contributed by atoms with Crippen LogP contribution in [-0.4, -0.2) is 39.4 Å². The SMILES string of the molecule is CCC(C)(C)NC/C=C/C(=O)N1CCc2c(sc3ncnc(Nc4ccc(F)c(Cl)c4)c23)C1. The second kappa shape index (κ2) is 9.75. The van der Waals surface area contributed by atoms with E-state index < -0.39 is 5.82 Å². The summed E-state index contributed by atoms with van der Waals surface area (Å²) in [5.41, 5.74) is 1.86. The summed E-state index contributed by atoms with van der Waals surface area (Å²) in [7, 11) is 0. The number of thiophene rings is 1. The van der Waals surface area contributed by atoms with Crippen molar-refractivity contribution in [3.63, 3.8) is 0 Å². The number of nitrogens with zero attached hydrogens (tertiary/aromatic N) is 3. The van der Waals surface area contributed by atoms with E-state index >= 15 is 0 Å². The summed E-state index contributed by atoms with van der Waals surface area (Å²) in [6, 6.07) is 4.48. The number of halogens is 2. The van der Waals surface area contributed by atoms with E-state index in [1.165, 1.54) is 18.5 Å². The molecule has 0 saturated heterocycles. The average molecular weight is 488 g/mol. The molecule has 0 saturated carbocycles. The minimum Gasteiger partial charge on any atom is -0.340 e. The van der Waals surface area contributed by atoms with Gasteiger partial charge in [0.2, 0.25) is 5.91 Å². The molecule has 0 aliphatic carbocycles. The normalized spacial score (nSPS) is 14.2. The molecule has 0 fully saturated rings. The fourth-order valence-electron chi connectivity index (χ4n) is 3.65. The van der Waals surface area contributed by atoms with E-state index in [0.29, 0.717) is 31.1 Å². The Kier molecular flexibility index (Phi) is 6.97. The van der Waals surface area contributed by atoms with Crippen LogP contribution in [0.5, 0.6) is 0 Å². The average Bonchev–Trinajstić information content (AvgIpc) is 3.18. The molecule has 0 unspecified atom stereocenters. The van der Waals surface area contributed by atoms with E-state index in [1.807, 2.05) is 11.0 Å². The van der Waals surface area contributed by atoms with Crippen molar-refractivity contribution >= 4 is 50.6 Å². The van der Waals surface area contributed by atoms with Gasteiger partial charge in [0.25, 0.3) is 0 Å². The van der Waals surface area contributed by atoms with Gasteiger partial charge in [0, 0.05) is 35.3 Å². The van der Waals surface area contributed by atoms with Crippen LogP contribution in [0.3, 0.4) is 0 Å². The Morgan fingerprint density at radius 2 is 2.18 bits per heavy atom. The van der Waals surface area contributed by atoms with Gasteiger partial charge < -0.3 is 15.5 Å². The van der Waals surface area contributed by atoms with E-state index in [9.17, 15) is 9.18 Å². The zero-order valence-electron chi connectivity index (χ0n) is 18.9. The summed E-state index contributed by atoms with van der Waals surface area (Å²) in [5, 5.41) is 7.67. The summed E-state index contributed by atoms with van der Waals surface area (Å²) in [5.74, 6) is 0.204. The van der Waals surface area contributed by atoms with Crippen molar-refractivity contribution in [1.82, 2.24) is 20.2 Å². The van der Waals surface area contributed by atoms with Crippen LogP contribution < -0.4 is 10.6 Å². The number of carbonyl (C=O) groups excluding carboxylic acids is 1. The Balaban J connectivity index is 1.50. The maximum atomic E-state index is 13.5. The molecule has 1 amide bonds. The molecule has 33 heavy (non-hydrogen) atoms. The molecule has 2 aromatic heterocycles. The summed E-state index contributed by atoms with van der Waals surface area (Å²) in [4.78, 5) is 25.4. The van der Waals surface area contributed by atoms with Crippen molar-refractivity contribution in [3.05, 3.63) is 58.0 Å². The van der Waals surface area contributed by atoms with Gasteiger partial charge in [-0.05, 0) is 50.5 Å². The molecule has 0 atom stereocenters. The second-order valence-electron chi connectivity index (χ2n) is 8.69. The number of hydrogen-bond acceptors (Lipinski definition) is 6. The lowest BCUT2D eigenvalue weighted by molar-refractivity contribution is -0.126. The number of anilines is 2. The fraction of sp³-hybridized carbons (Fsp3) is 0.375. The third kappa shape index (κ3) is 5.34. The van der Waals surface area contributed by atoms with Crippen LogP contribution in [0.4, 0.5) is 15.9 Å². The molecule has 0 radical (unpaired) electrons. The molecule has 3 aromatic rings. The first-order chi connectivity index (χ1) is 15.8. The topological polar surface area (TPSA) is 70.2 Å². The van der Waals surface area contributed by atoms with Gasteiger partial charge in [0.05, 0.1) is 17.0 Å². The van der Waals surface area contributed by atoms with Gasteiger partial charge in [-0.2, -0.15) is 0 Å². The molecule has 0 bridgehead atoms. The molecule has 174 valence electrons. The quantitative estimate of drug-likeness (QED) is 0.434. The largest absolute Gasteiger partial charge is 0.340 e. The number of rotatable bonds is 7. The van der Waals surface area contributed by atoms with E-state index in [0.717, 1.165) is 33.5 Å². The van der Waals surface area contributed by atoms with Gasteiger partial charge in [-0.1, -0.05) is 24.6 Å². The monoisotopic (exact) mass is 487 g/mol. The van der Waals surface area contributed by atoms with Crippen LogP contribution in [0.2, 0.25) is 5.02 Å². The smallest absolute Gasteiger partial charge is 0.246 e. The van der Waals surface area contributed by atoms with Crippen molar-refractivity contribution < 1.29 is 9.18 Å². The van der Waals surface area contributed by atoms with Gasteiger partial charge in [-0.25, -0.2) is 14.4 Å². The Labute approximate surface area is 201 Å². The highest BCUT2D eigenvalue weighted by Crippen LogP contribution is 2.38. The zero-order valence-corrected chi connectivity index (χ0v) is 20.5. The maximum Gasteiger partial charge on any atom is 0.246 e. The first kappa shape index (κ1) is 23.6. The highest BCUT2D eigenvalue weighted by molar-refractivity contribution is 7.19. The van der Waals surface area contributed by atoms with Crippen molar-refractivity contribution in [2.75, 3.05) is 18.4 Å². The van der Waals surface area contributed by atoms with Crippen molar-refractivity contribution in [2.24, 2.45) is 0 Å². The molecule has 1 aliphatic heterocycles. The van der Waals surface area contributed by atoms with Gasteiger partial charge >= 0.3 is 0 Å². The van der Waals surface area contributed by atoms with Crippen LogP contribution in [0.1, 0.15) is 37.6 Å². The molecular formula is C24H27ClFN5OS. The standard InChI is InChI=1S/C24H27ClFN5OS/c1-4-24(2,3)29-10-5-6-20(32)31-11-9-16-19(13-31)33-23-21(16)22(27-14-28-23)30-15-7-8-18(26)17(25)12-15/h5-8,12,14,29H,4,9-11,13H2,1-3H3,(H,27,28,30)/b6-5+. The third-order valence-corrected chi connectivity index (χ3v) is 7.39. The van der Waals surface area contributed by atoms with Gasteiger partial charge in [-0.15, -0.1) is 11.3 Å². The van der Waals surface area contributed by atoms with Crippen LogP contribution in [0.15, 0.2) is 36.7 Å². The van der Waals surface area contributed by atoms with Crippen LogP contribution in [-0.2, 0) is 17.8 Å². The lowest BCUT2D eigenvalue weighted by atomic mass is 10.0. The maximum absolute atomic E-state index is 13.5. The number of hydrogen-bond donors (Lipinski definition) is 2. The minimum absolute atomic E-state index is 0.0135. The lowest BCUT2D eigenvalue weighted by Crippen LogP contribution is -2.38. The van der Waals surface area contributed by atoms with Crippen molar-refractivity contribution in [3.8, 4) is 0 Å². The zero-order chi connectivity index (χ0) is 23.6. The number of carbonyl (C=O) groups is 1. The van der Waals surface area contributed by atoms with Crippen molar-refractivity contribution in [1.29, 1.82) is 0 Å². The summed E-state index contributed by atoms with van der Waals surface area (Å²) in [6.45, 7) is 8.27. The predicted molar refractivity (Wildman–Crippen MR) is 133 cm³/mol. The highest BCUT2D eigenvalue weighted by Gasteiger charge is 2.25. The van der Waals surface area contributed by atoms with E-state index in [4.69, 9.17) is 11.6 Å². The summed E-state index contributed by atoms with van der Waals surface area (Å²) >= 11 is 7.50. The first-order valence-corrected chi connectivity index (χ1v) is 12.1. The van der Waals surface area contributed by atoms with E-state index in [2.05, 4.69) is 41.4 Å². The Morgan fingerprint density at radius 3 is 2.94 bits per heavy atom. The molecule has 1 aromatic carbocycles. The lowest BCUT2D eigenvalue weighted by Gasteiger charge is -2.26. The number of nitrogens with one attached hydrogen (secondary N) is 2. The Bertz CT molecular complexity index is 1210. The van der Waals surface area contributed by atoms with E-state index in [1.54, 1.807) is 23.5 Å². The number of amides is 1. The van der Waals surface area contributed by atoms with Gasteiger partial charge in [-0.3, -0.25) is 4.79 Å². The highest BCUT2D eigenvalue weighted by atomic mass is 35.5. The first-order valence-electron chi connectivity index (χ1n) is 10.9. The van der Waals surface area contributed by atoms with Gasteiger partial charge in [0.1, 0.15) is 22.8 Å². The number of fused-ring (bicyclic) bond motifs is 3. The molecule has 4 rings (SSSR count). The number of aromatic nitrogens is 2. The molecular weight excluding hydrogens is 461 g/mol. The van der Waals surface area contributed by atoms with E-state index in [-0.39, 0.29) is 16.5 Å². The summed E-state index contributed by atoms with van der Waals surface area (Å²) < 4.78 is 13.5. The van der Waals surface area contributed by atoms with Gasteiger partial charge in [0.15, 0.2) is 0 Å². The summed E-state index contributed by atoms with van der Waals surface area (Å²) in [6.07, 6.45) is 6.80. The van der Waals surface area contributed by atoms with Crippen LogP contribution in [0, 0.1) is 5.82 Å². The third-order valence-electron chi connectivity index (χ3n) is 5.97. The van der Waals surface area contributed by atoms with Crippen molar-refractivity contribution in [2.45, 2.75) is 45.7 Å². The molecule has 2 N–H and O–H groups in total. The molecule has 3 heterocycles. The second-order valence-corrected chi connectivity index (χ2v) is 10.2. The predicted octanol–water partition coefficient (Wildman–Crippen LogP) is 5.45. The molecule has 9 heteroatoms. The Hall–Kier alpha value is -2.55. The molecule has 6 nitrogen and oxygen atoms in total. The molecule has 0 spiro atoms. The number of benzene rings is 1. The minimum atomic E-state index is -0.466. The molecule has 1 aliphatic rings. The fourth-order valence-corrected chi connectivity index (χ4v) is 5.03. The van der Waals surface area contributed by atoms with Crippen LogP contribution >= 0.6 is 22.9 Å². The van der Waals surface area contributed by atoms with Crippen LogP contribution in [0.25, 0.3) is 10.2 Å².